The number of benzene rings is 1. The van der Waals surface area contributed by atoms with Gasteiger partial charge in [0.1, 0.15) is 11.9 Å². The molecule has 34 heavy (non-hydrogen) atoms. The summed E-state index contributed by atoms with van der Waals surface area (Å²) in [5, 5.41) is 11.5. The lowest BCUT2D eigenvalue weighted by Gasteiger charge is -2.49. The molecule has 0 amide bonds. The molecule has 8 heteroatoms. The summed E-state index contributed by atoms with van der Waals surface area (Å²) in [5.74, 6) is -0.322. The van der Waals surface area contributed by atoms with Crippen molar-refractivity contribution in [1.82, 2.24) is 10.3 Å². The van der Waals surface area contributed by atoms with Crippen LogP contribution >= 0.6 is 0 Å². The van der Waals surface area contributed by atoms with E-state index < -0.39 is 29.0 Å². The summed E-state index contributed by atoms with van der Waals surface area (Å²) >= 11 is 0. The second kappa shape index (κ2) is 7.82. The van der Waals surface area contributed by atoms with E-state index in [1.165, 1.54) is 13.3 Å². The molecule has 1 aromatic carbocycles. The summed E-state index contributed by atoms with van der Waals surface area (Å²) in [5.41, 5.74) is 1.30. The number of ketones is 1. The molecule has 1 unspecified atom stereocenters. The average molecular weight is 465 g/mol. The number of hydrogen-bond acceptors (Lipinski definition) is 6. The van der Waals surface area contributed by atoms with Crippen LogP contribution in [-0.2, 0) is 10.2 Å². The Morgan fingerprint density at radius 3 is 2.79 bits per heavy atom. The topological polar surface area (TPSA) is 75.9 Å². The molecular formula is C26H26F2N4O2. The Kier molecular flexibility index (Phi) is 5.15. The number of methoxy groups -OCH3 is 1. The molecule has 5 rings (SSSR count). The van der Waals surface area contributed by atoms with Gasteiger partial charge >= 0.3 is 0 Å². The maximum absolute atomic E-state index is 15.8. The molecule has 1 aliphatic carbocycles. The number of Topliss-reactive ketones (excluding diaryl/α,β-unsaturated/α-hetero) is 1. The first kappa shape index (κ1) is 22.4. The van der Waals surface area contributed by atoms with Crippen LogP contribution in [0.2, 0.25) is 0 Å². The predicted octanol–water partition coefficient (Wildman–Crippen LogP) is 5.41. The lowest BCUT2D eigenvalue weighted by Crippen LogP contribution is -2.55. The molecule has 3 aliphatic rings. The standard InChI is InChI=1S/C26H26F2N4O2/c1-5-26(15-8-6-7-14(9-15)20-17(27)12-29-13-19(20)34-4)16-11-30-32-24(16)31-22-21(26)18(33)10-25(2,3)23(22)28/h6-9,11-13,23-24,31H,5,10H2,1-4H3/t23-,24?,26-/m0/s1. The van der Waals surface area contributed by atoms with Crippen molar-refractivity contribution >= 4 is 5.78 Å². The Labute approximate surface area is 196 Å². The van der Waals surface area contributed by atoms with Crippen molar-refractivity contribution in [3.8, 4) is 16.9 Å². The normalized spacial score (nSPS) is 27.1. The number of rotatable bonds is 4. The molecule has 2 aliphatic heterocycles. The van der Waals surface area contributed by atoms with Gasteiger partial charge in [-0.05, 0) is 23.6 Å². The summed E-state index contributed by atoms with van der Waals surface area (Å²) in [4.78, 5) is 17.5. The first-order valence-corrected chi connectivity index (χ1v) is 11.3. The van der Waals surface area contributed by atoms with Gasteiger partial charge in [0.05, 0.1) is 42.4 Å². The molecule has 1 aromatic heterocycles. The lowest BCUT2D eigenvalue weighted by atomic mass is 9.58. The maximum atomic E-state index is 15.8. The smallest absolute Gasteiger partial charge is 0.164 e. The van der Waals surface area contributed by atoms with Crippen LogP contribution in [0.4, 0.5) is 8.78 Å². The number of pyridine rings is 1. The predicted molar refractivity (Wildman–Crippen MR) is 123 cm³/mol. The number of carbonyl (C=O) groups excluding carboxylic acids is 1. The highest BCUT2D eigenvalue weighted by Gasteiger charge is 2.56. The lowest BCUT2D eigenvalue weighted by molar-refractivity contribution is -0.120. The number of allylic oxidation sites excluding steroid dienone is 2. The van der Waals surface area contributed by atoms with Gasteiger partial charge in [0.15, 0.2) is 17.8 Å². The number of ether oxygens (including phenoxy) is 1. The summed E-state index contributed by atoms with van der Waals surface area (Å²) < 4.78 is 36.0. The van der Waals surface area contributed by atoms with Gasteiger partial charge in [-0.2, -0.15) is 10.2 Å². The summed E-state index contributed by atoms with van der Waals surface area (Å²) in [6.07, 6.45) is 2.91. The number of nitrogens with zero attached hydrogens (tertiary/aromatic N) is 3. The number of nitrogens with one attached hydrogen (secondary N) is 1. The number of fused-ring (bicyclic) bond motifs is 1. The first-order chi connectivity index (χ1) is 16.2. The molecule has 2 aromatic rings. The molecule has 3 atom stereocenters. The highest BCUT2D eigenvalue weighted by atomic mass is 19.1. The fourth-order valence-corrected chi connectivity index (χ4v) is 5.60. The summed E-state index contributed by atoms with van der Waals surface area (Å²) in [6, 6.07) is 7.33. The van der Waals surface area contributed by atoms with Crippen molar-refractivity contribution in [1.29, 1.82) is 0 Å². The Bertz CT molecular complexity index is 1280. The van der Waals surface area contributed by atoms with E-state index in [4.69, 9.17) is 4.74 Å². The Morgan fingerprint density at radius 1 is 1.26 bits per heavy atom. The van der Waals surface area contributed by atoms with Gasteiger partial charge in [-0.1, -0.05) is 39.0 Å². The highest BCUT2D eigenvalue weighted by molar-refractivity contribution is 6.02. The zero-order valence-electron chi connectivity index (χ0n) is 19.5. The summed E-state index contributed by atoms with van der Waals surface area (Å²) in [6.45, 7) is 5.48. The van der Waals surface area contributed by atoms with Gasteiger partial charge in [-0.15, -0.1) is 0 Å². The molecule has 6 nitrogen and oxygen atoms in total. The van der Waals surface area contributed by atoms with Gasteiger partial charge in [0.25, 0.3) is 0 Å². The van der Waals surface area contributed by atoms with E-state index in [0.29, 0.717) is 23.3 Å². The third kappa shape index (κ3) is 3.04. The minimum atomic E-state index is -1.36. The van der Waals surface area contributed by atoms with Crippen LogP contribution in [0.1, 0.15) is 39.2 Å². The SMILES string of the molecule is CC[C@]1(c2cccc(-c3c(F)cncc3OC)c2)C2=CN=NC2NC2=C1C(=O)CC(C)(C)[C@H]2F. The van der Waals surface area contributed by atoms with Crippen LogP contribution in [0.3, 0.4) is 0 Å². The Balaban J connectivity index is 1.78. The molecule has 176 valence electrons. The number of halogens is 2. The number of aromatic nitrogens is 1. The van der Waals surface area contributed by atoms with Crippen LogP contribution in [0.15, 0.2) is 69.9 Å². The molecule has 0 radical (unpaired) electrons. The van der Waals surface area contributed by atoms with Crippen molar-refractivity contribution in [2.75, 3.05) is 7.11 Å². The van der Waals surface area contributed by atoms with E-state index in [0.717, 1.165) is 17.3 Å². The molecule has 0 saturated carbocycles. The third-order valence-electron chi connectivity index (χ3n) is 7.25. The fraction of sp³-hybridized carbons (Fsp3) is 0.385. The van der Waals surface area contributed by atoms with Gasteiger partial charge in [0, 0.05) is 23.0 Å². The quantitative estimate of drug-likeness (QED) is 0.656. The highest BCUT2D eigenvalue weighted by Crippen LogP contribution is 2.54. The molecular weight excluding hydrogens is 438 g/mol. The van der Waals surface area contributed by atoms with Gasteiger partial charge in [0.2, 0.25) is 0 Å². The van der Waals surface area contributed by atoms with Crippen molar-refractivity contribution in [3.05, 3.63) is 71.1 Å². The minimum Gasteiger partial charge on any atom is -0.494 e. The van der Waals surface area contributed by atoms with Gasteiger partial charge < -0.3 is 10.1 Å². The van der Waals surface area contributed by atoms with Gasteiger partial charge in [-0.3, -0.25) is 9.78 Å². The van der Waals surface area contributed by atoms with Crippen LogP contribution in [0.25, 0.3) is 11.1 Å². The van der Waals surface area contributed by atoms with Crippen LogP contribution in [0, 0.1) is 11.2 Å². The van der Waals surface area contributed by atoms with E-state index in [2.05, 4.69) is 20.5 Å². The number of carbonyl (C=O) groups is 1. The van der Waals surface area contributed by atoms with E-state index in [9.17, 15) is 9.18 Å². The molecule has 0 fully saturated rings. The van der Waals surface area contributed by atoms with Gasteiger partial charge in [-0.25, -0.2) is 8.78 Å². The van der Waals surface area contributed by atoms with Crippen LogP contribution in [-0.4, -0.2) is 30.2 Å². The van der Waals surface area contributed by atoms with Crippen molar-refractivity contribution in [2.45, 2.75) is 51.4 Å². The average Bonchev–Trinajstić information content (AvgIpc) is 3.30. The first-order valence-electron chi connectivity index (χ1n) is 11.3. The van der Waals surface area contributed by atoms with Crippen molar-refractivity contribution in [3.63, 3.8) is 0 Å². The Hall–Kier alpha value is -3.42. The second-order valence-corrected chi connectivity index (χ2v) is 9.64. The Morgan fingerprint density at radius 2 is 2.06 bits per heavy atom. The second-order valence-electron chi connectivity index (χ2n) is 9.64. The molecule has 3 heterocycles. The fourth-order valence-electron chi connectivity index (χ4n) is 5.60. The number of hydrogen-bond donors (Lipinski definition) is 1. The molecule has 0 saturated heterocycles. The van der Waals surface area contributed by atoms with E-state index >= 15 is 4.39 Å². The van der Waals surface area contributed by atoms with E-state index in [-0.39, 0.29) is 23.5 Å². The van der Waals surface area contributed by atoms with Crippen LogP contribution in [0.5, 0.6) is 5.75 Å². The molecule has 0 bridgehead atoms. The van der Waals surface area contributed by atoms with Crippen molar-refractivity contribution in [2.24, 2.45) is 15.6 Å². The van der Waals surface area contributed by atoms with Crippen molar-refractivity contribution < 1.29 is 18.3 Å². The largest absolute Gasteiger partial charge is 0.494 e. The number of alkyl halides is 1. The zero-order chi connectivity index (χ0) is 24.3. The maximum Gasteiger partial charge on any atom is 0.164 e. The third-order valence-corrected chi connectivity index (χ3v) is 7.25. The number of azo groups is 1. The van der Waals surface area contributed by atoms with E-state index in [1.54, 1.807) is 26.1 Å². The van der Waals surface area contributed by atoms with Crippen LogP contribution < -0.4 is 10.1 Å². The monoisotopic (exact) mass is 464 g/mol. The van der Waals surface area contributed by atoms with E-state index in [1.807, 2.05) is 25.1 Å². The molecule has 1 N–H and O–H groups in total. The molecule has 0 spiro atoms. The summed E-state index contributed by atoms with van der Waals surface area (Å²) in [7, 11) is 1.46. The zero-order valence-corrected chi connectivity index (χ0v) is 19.5. The minimum absolute atomic E-state index is 0.0924.